The molecule has 0 aliphatic heterocycles. The molecule has 2 aromatic carbocycles. The van der Waals surface area contributed by atoms with Crippen LogP contribution in [0, 0.1) is 10.1 Å². The highest BCUT2D eigenvalue weighted by molar-refractivity contribution is 7.98. The van der Waals surface area contributed by atoms with E-state index in [1.165, 1.54) is 23.9 Å². The van der Waals surface area contributed by atoms with Crippen LogP contribution in [0.1, 0.15) is 5.56 Å². The molecule has 0 bridgehead atoms. The van der Waals surface area contributed by atoms with E-state index in [9.17, 15) is 10.1 Å². The van der Waals surface area contributed by atoms with E-state index in [1.54, 1.807) is 24.7 Å². The first-order chi connectivity index (χ1) is 13.7. The maximum Gasteiger partial charge on any atom is 0.269 e. The number of benzene rings is 2. The standard InChI is InChI=1S/C20H15N5O2S/c26-25(27)18-5-1-15(2-6-18)13-28-20-10-9-19(22-23-20)16-3-7-17(8-4-16)24-12-11-21-14-24/h1-12,14H,13H2. The monoisotopic (exact) mass is 389 g/mol. The fourth-order valence-electron chi connectivity index (χ4n) is 2.64. The van der Waals surface area contributed by atoms with Crippen LogP contribution in [0.25, 0.3) is 16.9 Å². The molecule has 0 saturated heterocycles. The fraction of sp³-hybridized carbons (Fsp3) is 0.0500. The number of aromatic nitrogens is 4. The van der Waals surface area contributed by atoms with Gasteiger partial charge in [0.2, 0.25) is 0 Å². The summed E-state index contributed by atoms with van der Waals surface area (Å²) >= 11 is 1.54. The van der Waals surface area contributed by atoms with Crippen molar-refractivity contribution >= 4 is 17.4 Å². The summed E-state index contributed by atoms with van der Waals surface area (Å²) in [4.78, 5) is 14.3. The topological polar surface area (TPSA) is 86.7 Å². The molecule has 138 valence electrons. The Bertz CT molecular complexity index is 1060. The highest BCUT2D eigenvalue weighted by Gasteiger charge is 2.06. The zero-order chi connectivity index (χ0) is 19.3. The zero-order valence-corrected chi connectivity index (χ0v) is 15.5. The maximum absolute atomic E-state index is 10.7. The van der Waals surface area contributed by atoms with E-state index in [0.717, 1.165) is 27.5 Å². The van der Waals surface area contributed by atoms with Crippen LogP contribution in [-0.2, 0) is 5.75 Å². The Morgan fingerprint density at radius 3 is 2.36 bits per heavy atom. The number of hydrogen-bond donors (Lipinski definition) is 0. The van der Waals surface area contributed by atoms with Crippen molar-refractivity contribution in [1.29, 1.82) is 0 Å². The number of hydrogen-bond acceptors (Lipinski definition) is 6. The summed E-state index contributed by atoms with van der Waals surface area (Å²) in [5.41, 5.74) is 3.91. The lowest BCUT2D eigenvalue weighted by atomic mass is 10.1. The minimum atomic E-state index is -0.400. The van der Waals surface area contributed by atoms with Crippen molar-refractivity contribution in [2.75, 3.05) is 0 Å². The third-order valence-corrected chi connectivity index (χ3v) is 5.13. The molecule has 0 spiro atoms. The average Bonchev–Trinajstić information content (AvgIpc) is 3.28. The number of rotatable bonds is 6. The second-order valence-electron chi connectivity index (χ2n) is 5.99. The molecule has 2 heterocycles. The van der Waals surface area contributed by atoms with Crippen molar-refractivity contribution in [1.82, 2.24) is 19.7 Å². The number of non-ortho nitro benzene ring substituents is 1. The van der Waals surface area contributed by atoms with E-state index >= 15 is 0 Å². The van der Waals surface area contributed by atoms with Gasteiger partial charge in [0.25, 0.3) is 5.69 Å². The largest absolute Gasteiger partial charge is 0.306 e. The van der Waals surface area contributed by atoms with E-state index in [1.807, 2.05) is 47.2 Å². The van der Waals surface area contributed by atoms with Crippen LogP contribution in [0.3, 0.4) is 0 Å². The third-order valence-electron chi connectivity index (χ3n) is 4.14. The molecule has 0 atom stereocenters. The minimum Gasteiger partial charge on any atom is -0.306 e. The minimum absolute atomic E-state index is 0.0944. The zero-order valence-electron chi connectivity index (χ0n) is 14.7. The number of nitrogens with zero attached hydrogens (tertiary/aromatic N) is 5. The maximum atomic E-state index is 10.7. The Morgan fingerprint density at radius 2 is 1.75 bits per heavy atom. The molecule has 0 unspecified atom stereocenters. The lowest BCUT2D eigenvalue weighted by Crippen LogP contribution is -1.92. The Kier molecular flexibility index (Phi) is 5.11. The highest BCUT2D eigenvalue weighted by Crippen LogP contribution is 2.24. The lowest BCUT2D eigenvalue weighted by molar-refractivity contribution is -0.384. The van der Waals surface area contributed by atoms with Crippen molar-refractivity contribution in [2.45, 2.75) is 10.8 Å². The molecule has 0 amide bonds. The third kappa shape index (κ3) is 4.07. The fourth-order valence-corrected chi connectivity index (χ4v) is 3.41. The number of thioether (sulfide) groups is 1. The van der Waals surface area contributed by atoms with Gasteiger partial charge in [-0.15, -0.1) is 10.2 Å². The van der Waals surface area contributed by atoms with Crippen molar-refractivity contribution < 1.29 is 4.92 Å². The van der Waals surface area contributed by atoms with E-state index < -0.39 is 4.92 Å². The molecule has 0 radical (unpaired) electrons. The Balaban J connectivity index is 1.40. The summed E-state index contributed by atoms with van der Waals surface area (Å²) in [5, 5.41) is 20.1. The van der Waals surface area contributed by atoms with Gasteiger partial charge in [0.05, 0.1) is 16.9 Å². The van der Waals surface area contributed by atoms with Crippen LogP contribution in [0.5, 0.6) is 0 Å². The van der Waals surface area contributed by atoms with E-state index in [0.29, 0.717) is 5.75 Å². The van der Waals surface area contributed by atoms with Crippen LogP contribution >= 0.6 is 11.8 Å². The van der Waals surface area contributed by atoms with Crippen molar-refractivity contribution in [3.05, 3.63) is 95.1 Å². The van der Waals surface area contributed by atoms with Gasteiger partial charge in [0.1, 0.15) is 5.03 Å². The van der Waals surface area contributed by atoms with Crippen LogP contribution < -0.4 is 0 Å². The van der Waals surface area contributed by atoms with Crippen LogP contribution in [0.4, 0.5) is 5.69 Å². The van der Waals surface area contributed by atoms with Gasteiger partial charge in [-0.3, -0.25) is 10.1 Å². The summed E-state index contributed by atoms with van der Waals surface area (Å²) in [6.07, 6.45) is 5.39. The molecule has 0 saturated carbocycles. The van der Waals surface area contributed by atoms with Crippen molar-refractivity contribution in [3.63, 3.8) is 0 Å². The van der Waals surface area contributed by atoms with Gasteiger partial charge >= 0.3 is 0 Å². The van der Waals surface area contributed by atoms with Crippen molar-refractivity contribution in [2.24, 2.45) is 0 Å². The van der Waals surface area contributed by atoms with E-state index in [2.05, 4.69) is 15.2 Å². The smallest absolute Gasteiger partial charge is 0.269 e. The predicted molar refractivity (Wildman–Crippen MR) is 107 cm³/mol. The molecule has 8 heteroatoms. The Morgan fingerprint density at radius 1 is 0.964 bits per heavy atom. The van der Waals surface area contributed by atoms with Gasteiger partial charge in [-0.05, 0) is 29.8 Å². The summed E-state index contributed by atoms with van der Waals surface area (Å²) in [6, 6.07) is 18.4. The molecule has 28 heavy (non-hydrogen) atoms. The molecule has 0 aliphatic rings. The van der Waals surface area contributed by atoms with Gasteiger partial charge in [0, 0.05) is 41.5 Å². The summed E-state index contributed by atoms with van der Waals surface area (Å²) in [5.74, 6) is 0.672. The summed E-state index contributed by atoms with van der Waals surface area (Å²) in [6.45, 7) is 0. The molecule has 4 rings (SSSR count). The SMILES string of the molecule is O=[N+]([O-])c1ccc(CSc2ccc(-c3ccc(-n4ccnc4)cc3)nn2)cc1. The van der Waals surface area contributed by atoms with Gasteiger partial charge in [-0.25, -0.2) is 4.98 Å². The Labute approximate surface area is 165 Å². The quantitative estimate of drug-likeness (QED) is 0.274. The first-order valence-corrected chi connectivity index (χ1v) is 9.46. The second-order valence-corrected chi connectivity index (χ2v) is 6.98. The average molecular weight is 389 g/mol. The first kappa shape index (κ1) is 17.9. The lowest BCUT2D eigenvalue weighted by Gasteiger charge is -2.05. The van der Waals surface area contributed by atoms with Crippen LogP contribution in [-0.4, -0.2) is 24.7 Å². The summed E-state index contributed by atoms with van der Waals surface area (Å²) in [7, 11) is 0. The number of imidazole rings is 1. The molecule has 0 fully saturated rings. The number of nitro benzene ring substituents is 1. The molecular formula is C20H15N5O2S. The molecular weight excluding hydrogens is 374 g/mol. The van der Waals surface area contributed by atoms with Gasteiger partial charge in [0.15, 0.2) is 0 Å². The van der Waals surface area contributed by atoms with E-state index in [-0.39, 0.29) is 5.69 Å². The van der Waals surface area contributed by atoms with E-state index in [4.69, 9.17) is 0 Å². The van der Waals surface area contributed by atoms with Crippen molar-refractivity contribution in [3.8, 4) is 16.9 Å². The number of nitro groups is 1. The normalized spacial score (nSPS) is 10.7. The highest BCUT2D eigenvalue weighted by atomic mass is 32.2. The molecule has 4 aromatic rings. The van der Waals surface area contributed by atoms with Crippen LogP contribution in [0.2, 0.25) is 0 Å². The second kappa shape index (κ2) is 8.01. The van der Waals surface area contributed by atoms with Gasteiger partial charge < -0.3 is 4.57 Å². The molecule has 7 nitrogen and oxygen atoms in total. The molecule has 0 N–H and O–H groups in total. The predicted octanol–water partition coefficient (Wildman–Crippen LogP) is 4.53. The van der Waals surface area contributed by atoms with Gasteiger partial charge in [-0.2, -0.15) is 0 Å². The van der Waals surface area contributed by atoms with Crippen LogP contribution in [0.15, 0.2) is 84.4 Å². The van der Waals surface area contributed by atoms with Gasteiger partial charge in [-0.1, -0.05) is 36.0 Å². The Hall–Kier alpha value is -3.52. The summed E-state index contributed by atoms with van der Waals surface area (Å²) < 4.78 is 1.94. The first-order valence-electron chi connectivity index (χ1n) is 8.48. The molecule has 2 aromatic heterocycles. The molecule has 0 aliphatic carbocycles.